The fraction of sp³-hybridized carbons (Fsp3) is 0.348. The molecule has 5 rings (SSSR count). The number of hydrogen-bond donors (Lipinski definition) is 4. The second-order valence-corrected chi connectivity index (χ2v) is 9.80. The molecule has 2 aromatic heterocycles. The van der Waals surface area contributed by atoms with E-state index in [4.69, 9.17) is 9.72 Å². The highest BCUT2D eigenvalue weighted by atomic mass is 32.2. The molecule has 0 amide bonds. The summed E-state index contributed by atoms with van der Waals surface area (Å²) >= 11 is 0. The molecule has 4 aromatic rings. The van der Waals surface area contributed by atoms with Gasteiger partial charge in [-0.15, -0.1) is 0 Å². The second kappa shape index (κ2) is 9.42. The van der Waals surface area contributed by atoms with Crippen LogP contribution >= 0.6 is 0 Å². The minimum atomic E-state index is -0.769. The lowest BCUT2D eigenvalue weighted by atomic mass is 9.89. The van der Waals surface area contributed by atoms with Gasteiger partial charge in [0, 0.05) is 58.1 Å². The number of anilines is 2. The predicted octanol–water partition coefficient (Wildman–Crippen LogP) is 2.62. The van der Waals surface area contributed by atoms with Gasteiger partial charge in [0.15, 0.2) is 0 Å². The number of aliphatic hydroxyl groups excluding tert-OH is 1. The summed E-state index contributed by atoms with van der Waals surface area (Å²) in [6.45, 7) is 0.680. The monoisotopic (exact) mass is 466 g/mol. The topological polar surface area (TPSA) is 125 Å². The summed E-state index contributed by atoms with van der Waals surface area (Å²) in [5, 5.41) is 24.9. The van der Waals surface area contributed by atoms with E-state index >= 15 is 0 Å². The summed E-state index contributed by atoms with van der Waals surface area (Å²) in [6.07, 6.45) is 5.48. The first-order chi connectivity index (χ1) is 16.1. The van der Waals surface area contributed by atoms with Crippen LogP contribution in [-0.2, 0) is 17.4 Å². The number of nitrogens with zero attached hydrogens (tertiary/aromatic N) is 3. The van der Waals surface area contributed by atoms with Crippen molar-refractivity contribution in [3.63, 3.8) is 0 Å². The number of aliphatic hydroxyl groups is 1. The van der Waals surface area contributed by atoms with Crippen molar-refractivity contribution < 1.29 is 14.1 Å². The van der Waals surface area contributed by atoms with Crippen LogP contribution in [0.15, 0.2) is 42.6 Å². The van der Waals surface area contributed by atoms with E-state index in [-0.39, 0.29) is 12.7 Å². The van der Waals surface area contributed by atoms with Crippen molar-refractivity contribution in [3.05, 3.63) is 48.3 Å². The summed E-state index contributed by atoms with van der Waals surface area (Å²) in [5.41, 5.74) is 3.01. The standard InChI is InChI=1S/C23H26N6O3S/c1-33(31)8-7-24-16-9-17(10-16)32-21-4-2-3-14-12-25-23(27-22(14)21)26-15-5-6-18-19(11-15)28-29-20(18)13-30/h2-6,11-12,16-17,24,30H,7-10,13H2,1H3,(H,28,29)(H,25,26,27). The molecular weight excluding hydrogens is 440 g/mol. The lowest BCUT2D eigenvalue weighted by Crippen LogP contribution is -2.47. The van der Waals surface area contributed by atoms with Crippen LogP contribution in [0.4, 0.5) is 11.6 Å². The van der Waals surface area contributed by atoms with E-state index in [0.29, 0.717) is 23.4 Å². The molecule has 1 aliphatic rings. The Labute approximate surface area is 193 Å². The maximum Gasteiger partial charge on any atom is 0.227 e. The number of aromatic nitrogens is 4. The highest BCUT2D eigenvalue weighted by Gasteiger charge is 2.30. The number of hydrogen-bond acceptors (Lipinski definition) is 8. The fourth-order valence-corrected chi connectivity index (χ4v) is 4.40. The van der Waals surface area contributed by atoms with E-state index in [1.807, 2.05) is 36.4 Å². The van der Waals surface area contributed by atoms with E-state index in [2.05, 4.69) is 25.8 Å². The first kappa shape index (κ1) is 21.7. The van der Waals surface area contributed by atoms with Gasteiger partial charge < -0.3 is 20.5 Å². The zero-order valence-corrected chi connectivity index (χ0v) is 19.1. The van der Waals surface area contributed by atoms with E-state index in [1.54, 1.807) is 12.5 Å². The SMILES string of the molecule is CS(=O)CCNC1CC(Oc2cccc3cnc(Nc4ccc5c(CO)[nH]nc5c4)nc23)C1. The molecule has 0 bridgehead atoms. The summed E-state index contributed by atoms with van der Waals surface area (Å²) in [4.78, 5) is 9.14. The molecule has 1 atom stereocenters. The molecule has 33 heavy (non-hydrogen) atoms. The first-order valence-corrected chi connectivity index (χ1v) is 12.6. The van der Waals surface area contributed by atoms with Gasteiger partial charge in [0.2, 0.25) is 5.95 Å². The maximum absolute atomic E-state index is 11.2. The van der Waals surface area contributed by atoms with Gasteiger partial charge in [-0.25, -0.2) is 9.97 Å². The molecule has 0 radical (unpaired) electrons. The van der Waals surface area contributed by atoms with Crippen LogP contribution in [0.2, 0.25) is 0 Å². The van der Waals surface area contributed by atoms with Crippen LogP contribution in [0.3, 0.4) is 0 Å². The van der Waals surface area contributed by atoms with Crippen molar-refractivity contribution in [1.29, 1.82) is 0 Å². The molecule has 2 heterocycles. The van der Waals surface area contributed by atoms with Crippen LogP contribution in [0, 0.1) is 0 Å². The molecule has 0 saturated heterocycles. The van der Waals surface area contributed by atoms with Crippen molar-refractivity contribution in [2.75, 3.05) is 23.9 Å². The smallest absolute Gasteiger partial charge is 0.227 e. The fourth-order valence-electron chi connectivity index (χ4n) is 3.99. The number of benzene rings is 2. The number of aromatic amines is 1. The van der Waals surface area contributed by atoms with Gasteiger partial charge in [0.1, 0.15) is 17.4 Å². The molecule has 1 unspecified atom stereocenters. The van der Waals surface area contributed by atoms with Crippen LogP contribution in [-0.4, -0.2) is 60.2 Å². The molecule has 4 N–H and O–H groups in total. The zero-order chi connectivity index (χ0) is 22.8. The van der Waals surface area contributed by atoms with Crippen molar-refractivity contribution >= 4 is 44.2 Å². The van der Waals surface area contributed by atoms with E-state index in [0.717, 1.165) is 52.6 Å². The number of nitrogens with one attached hydrogen (secondary N) is 3. The van der Waals surface area contributed by atoms with E-state index in [9.17, 15) is 9.32 Å². The van der Waals surface area contributed by atoms with Crippen molar-refractivity contribution in [3.8, 4) is 5.75 Å². The first-order valence-electron chi connectivity index (χ1n) is 10.9. The van der Waals surface area contributed by atoms with E-state index < -0.39 is 10.8 Å². The van der Waals surface area contributed by atoms with Gasteiger partial charge in [-0.3, -0.25) is 9.31 Å². The van der Waals surface area contributed by atoms with Crippen LogP contribution in [0.1, 0.15) is 18.5 Å². The van der Waals surface area contributed by atoms with E-state index in [1.165, 1.54) is 0 Å². The number of fused-ring (bicyclic) bond motifs is 2. The Hall–Kier alpha value is -3.08. The highest BCUT2D eigenvalue weighted by molar-refractivity contribution is 7.84. The minimum Gasteiger partial charge on any atom is -0.488 e. The predicted molar refractivity (Wildman–Crippen MR) is 129 cm³/mol. The Morgan fingerprint density at radius 2 is 2.15 bits per heavy atom. The molecule has 0 spiro atoms. The summed E-state index contributed by atoms with van der Waals surface area (Å²) < 4.78 is 17.4. The Bertz CT molecular complexity index is 1300. The van der Waals surface area contributed by atoms with Gasteiger partial charge >= 0.3 is 0 Å². The summed E-state index contributed by atoms with van der Waals surface area (Å²) in [6, 6.07) is 12.0. The second-order valence-electron chi connectivity index (χ2n) is 8.24. The largest absolute Gasteiger partial charge is 0.488 e. The van der Waals surface area contributed by atoms with Crippen LogP contribution in [0.25, 0.3) is 21.8 Å². The van der Waals surface area contributed by atoms with Crippen LogP contribution < -0.4 is 15.4 Å². The molecular formula is C23H26N6O3S. The highest BCUT2D eigenvalue weighted by Crippen LogP contribution is 2.31. The third kappa shape index (κ3) is 4.82. The molecule has 1 aliphatic carbocycles. The van der Waals surface area contributed by atoms with Crippen molar-refractivity contribution in [1.82, 2.24) is 25.5 Å². The number of H-pyrrole nitrogens is 1. The Kier molecular flexibility index (Phi) is 6.21. The zero-order valence-electron chi connectivity index (χ0n) is 18.2. The average molecular weight is 467 g/mol. The lowest BCUT2D eigenvalue weighted by molar-refractivity contribution is 0.0874. The average Bonchev–Trinajstić information content (AvgIpc) is 3.19. The number of ether oxygens (including phenoxy) is 1. The van der Waals surface area contributed by atoms with Gasteiger partial charge in [0.25, 0.3) is 0 Å². The molecule has 2 aromatic carbocycles. The minimum absolute atomic E-state index is 0.0860. The van der Waals surface area contributed by atoms with Crippen molar-refractivity contribution in [2.24, 2.45) is 0 Å². The molecule has 9 nitrogen and oxygen atoms in total. The maximum atomic E-state index is 11.2. The Morgan fingerprint density at radius 1 is 1.27 bits per heavy atom. The van der Waals surface area contributed by atoms with Crippen molar-refractivity contribution in [2.45, 2.75) is 31.6 Å². The molecule has 1 fully saturated rings. The van der Waals surface area contributed by atoms with Gasteiger partial charge in [-0.1, -0.05) is 12.1 Å². The summed E-state index contributed by atoms with van der Waals surface area (Å²) in [7, 11) is -0.769. The molecule has 1 saturated carbocycles. The number of rotatable bonds is 9. The molecule has 172 valence electrons. The van der Waals surface area contributed by atoms with Gasteiger partial charge in [-0.05, 0) is 37.1 Å². The lowest BCUT2D eigenvalue weighted by Gasteiger charge is -2.36. The van der Waals surface area contributed by atoms with Crippen LogP contribution in [0.5, 0.6) is 5.75 Å². The molecule has 0 aliphatic heterocycles. The quantitative estimate of drug-likeness (QED) is 0.297. The number of para-hydroxylation sites is 1. The third-order valence-electron chi connectivity index (χ3n) is 5.83. The van der Waals surface area contributed by atoms with Gasteiger partial charge in [0.05, 0.1) is 17.8 Å². The normalized spacial score (nSPS) is 18.8. The molecule has 10 heteroatoms. The Balaban J connectivity index is 1.28. The van der Waals surface area contributed by atoms with Gasteiger partial charge in [-0.2, -0.15) is 5.10 Å². The Morgan fingerprint density at radius 3 is 2.97 bits per heavy atom. The third-order valence-corrected chi connectivity index (χ3v) is 6.61. The summed E-state index contributed by atoms with van der Waals surface area (Å²) in [5.74, 6) is 1.89.